The molecule has 1 atom stereocenters. The zero-order valence-corrected chi connectivity index (χ0v) is 15.6. The molecule has 2 aromatic carbocycles. The maximum absolute atomic E-state index is 2.49. The number of nitrogens with zero attached hydrogens (tertiary/aromatic N) is 1. The Balaban J connectivity index is 2.34. The highest BCUT2D eigenvalue weighted by Gasteiger charge is 2.32. The molecule has 122 valence electrons. The molecule has 1 aliphatic carbocycles. The second kappa shape index (κ2) is 5.21. The summed E-state index contributed by atoms with van der Waals surface area (Å²) in [6.07, 6.45) is 4.67. The van der Waals surface area contributed by atoms with Crippen LogP contribution in [0, 0.1) is 0 Å². The third kappa shape index (κ3) is 2.72. The van der Waals surface area contributed by atoms with Crippen LogP contribution in [-0.4, -0.2) is 17.5 Å². The standard InChI is InChI=1S/C22H29N/c1-21(2,3)17-13-11-15-9-8-10-16-12-14-18(20(17)19(15)16)23(7)22(4,5)6/h8-14,18H,1-7H3. The van der Waals surface area contributed by atoms with Crippen LogP contribution in [0.15, 0.2) is 36.4 Å². The number of hydrogen-bond donors (Lipinski definition) is 0. The monoisotopic (exact) mass is 307 g/mol. The van der Waals surface area contributed by atoms with Crippen molar-refractivity contribution in [2.45, 2.75) is 58.5 Å². The van der Waals surface area contributed by atoms with Crippen LogP contribution in [0.2, 0.25) is 0 Å². The van der Waals surface area contributed by atoms with E-state index in [1.807, 2.05) is 0 Å². The largest absolute Gasteiger partial charge is 0.291 e. The topological polar surface area (TPSA) is 3.24 Å². The number of hydrogen-bond acceptors (Lipinski definition) is 1. The molecule has 1 unspecified atom stereocenters. The fraction of sp³-hybridized carbons (Fsp3) is 0.455. The molecule has 1 aliphatic rings. The van der Waals surface area contributed by atoms with Crippen molar-refractivity contribution < 1.29 is 0 Å². The van der Waals surface area contributed by atoms with Gasteiger partial charge in [-0.3, -0.25) is 4.90 Å². The molecule has 0 radical (unpaired) electrons. The van der Waals surface area contributed by atoms with Gasteiger partial charge in [0.1, 0.15) is 0 Å². The summed E-state index contributed by atoms with van der Waals surface area (Å²) in [7, 11) is 2.24. The lowest BCUT2D eigenvalue weighted by atomic mass is 9.76. The second-order valence-electron chi connectivity index (χ2n) is 8.81. The number of likely N-dealkylation sites (N-methyl/N-ethyl adjacent to an activating group) is 1. The van der Waals surface area contributed by atoms with Gasteiger partial charge in [-0.25, -0.2) is 0 Å². The smallest absolute Gasteiger partial charge is 0.0545 e. The van der Waals surface area contributed by atoms with Crippen LogP contribution >= 0.6 is 0 Å². The van der Waals surface area contributed by atoms with E-state index in [1.54, 1.807) is 0 Å². The SMILES string of the molecule is CN(C1C=Cc2cccc3ccc(C(C)(C)C)c1c23)C(C)(C)C. The van der Waals surface area contributed by atoms with Crippen LogP contribution in [0.1, 0.15) is 64.3 Å². The van der Waals surface area contributed by atoms with E-state index in [9.17, 15) is 0 Å². The minimum absolute atomic E-state index is 0.124. The molecule has 0 amide bonds. The fourth-order valence-electron chi connectivity index (χ4n) is 3.57. The van der Waals surface area contributed by atoms with Gasteiger partial charge in [-0.05, 0) is 60.7 Å². The van der Waals surface area contributed by atoms with Crippen LogP contribution in [0.4, 0.5) is 0 Å². The maximum Gasteiger partial charge on any atom is 0.0545 e. The third-order valence-corrected chi connectivity index (χ3v) is 5.16. The highest BCUT2D eigenvalue weighted by atomic mass is 15.2. The summed E-state index contributed by atoms with van der Waals surface area (Å²) in [6.45, 7) is 13.8. The van der Waals surface area contributed by atoms with Crippen molar-refractivity contribution in [1.29, 1.82) is 0 Å². The van der Waals surface area contributed by atoms with Crippen LogP contribution in [0.5, 0.6) is 0 Å². The summed E-state index contributed by atoms with van der Waals surface area (Å²) in [5.74, 6) is 0. The van der Waals surface area contributed by atoms with E-state index in [0.717, 1.165) is 0 Å². The molecule has 0 saturated carbocycles. The van der Waals surface area contributed by atoms with E-state index >= 15 is 0 Å². The van der Waals surface area contributed by atoms with Crippen LogP contribution in [-0.2, 0) is 5.41 Å². The van der Waals surface area contributed by atoms with Gasteiger partial charge >= 0.3 is 0 Å². The molecule has 3 rings (SSSR count). The highest BCUT2D eigenvalue weighted by Crippen LogP contribution is 2.43. The van der Waals surface area contributed by atoms with Crippen molar-refractivity contribution in [2.75, 3.05) is 7.05 Å². The first-order valence-electron chi connectivity index (χ1n) is 8.58. The molecule has 0 aliphatic heterocycles. The van der Waals surface area contributed by atoms with Gasteiger partial charge in [-0.1, -0.05) is 63.3 Å². The number of rotatable bonds is 1. The first-order chi connectivity index (χ1) is 10.6. The molecule has 1 nitrogen and oxygen atoms in total. The Kier molecular flexibility index (Phi) is 3.68. The summed E-state index contributed by atoms with van der Waals surface area (Å²) >= 11 is 0. The Morgan fingerprint density at radius 1 is 0.913 bits per heavy atom. The molecule has 23 heavy (non-hydrogen) atoms. The van der Waals surface area contributed by atoms with Gasteiger partial charge in [0.25, 0.3) is 0 Å². The van der Waals surface area contributed by atoms with Crippen LogP contribution in [0.3, 0.4) is 0 Å². The molecule has 2 aromatic rings. The first-order valence-corrected chi connectivity index (χ1v) is 8.58. The average molecular weight is 307 g/mol. The van der Waals surface area contributed by atoms with Gasteiger partial charge in [0.2, 0.25) is 0 Å². The summed E-state index contributed by atoms with van der Waals surface area (Å²) in [6, 6.07) is 11.6. The average Bonchev–Trinajstić information content (AvgIpc) is 2.45. The van der Waals surface area contributed by atoms with E-state index in [-0.39, 0.29) is 11.0 Å². The van der Waals surface area contributed by atoms with E-state index < -0.39 is 0 Å². The zero-order chi connectivity index (χ0) is 17.0. The molecule has 0 aromatic heterocycles. The van der Waals surface area contributed by atoms with E-state index in [4.69, 9.17) is 0 Å². The van der Waals surface area contributed by atoms with Crippen LogP contribution < -0.4 is 0 Å². The van der Waals surface area contributed by atoms with Gasteiger partial charge in [0.05, 0.1) is 6.04 Å². The van der Waals surface area contributed by atoms with Crippen molar-refractivity contribution >= 4 is 16.8 Å². The molecule has 0 heterocycles. The van der Waals surface area contributed by atoms with Crippen molar-refractivity contribution in [3.05, 3.63) is 53.1 Å². The van der Waals surface area contributed by atoms with Gasteiger partial charge in [0.15, 0.2) is 0 Å². The molecular weight excluding hydrogens is 278 g/mol. The molecule has 0 bridgehead atoms. The van der Waals surface area contributed by atoms with E-state index in [2.05, 4.69) is 96.0 Å². The Hall–Kier alpha value is -1.60. The minimum atomic E-state index is 0.124. The lowest BCUT2D eigenvalue weighted by molar-refractivity contribution is 0.141. The van der Waals surface area contributed by atoms with Gasteiger partial charge in [0, 0.05) is 5.54 Å². The summed E-state index contributed by atoms with van der Waals surface area (Å²) in [5, 5.41) is 2.78. The van der Waals surface area contributed by atoms with Gasteiger partial charge in [-0.15, -0.1) is 0 Å². The normalized spacial score (nSPS) is 18.0. The van der Waals surface area contributed by atoms with Crippen molar-refractivity contribution in [3.8, 4) is 0 Å². The van der Waals surface area contributed by atoms with Crippen molar-refractivity contribution in [2.24, 2.45) is 0 Å². The first kappa shape index (κ1) is 16.3. The number of benzene rings is 2. The van der Waals surface area contributed by atoms with E-state index in [1.165, 1.54) is 27.5 Å². The Morgan fingerprint density at radius 3 is 2.22 bits per heavy atom. The lowest BCUT2D eigenvalue weighted by Gasteiger charge is -2.41. The summed E-state index contributed by atoms with van der Waals surface area (Å²) in [5.41, 5.74) is 4.56. The zero-order valence-electron chi connectivity index (χ0n) is 15.6. The highest BCUT2D eigenvalue weighted by molar-refractivity contribution is 5.96. The molecule has 0 saturated heterocycles. The quantitative estimate of drug-likeness (QED) is 0.630. The predicted octanol–water partition coefficient (Wildman–Crippen LogP) is 5.94. The molecule has 1 heteroatoms. The second-order valence-corrected chi connectivity index (χ2v) is 8.81. The van der Waals surface area contributed by atoms with Gasteiger partial charge in [-0.2, -0.15) is 0 Å². The van der Waals surface area contributed by atoms with Crippen molar-refractivity contribution in [1.82, 2.24) is 4.90 Å². The molecular formula is C22H29N. The Morgan fingerprint density at radius 2 is 1.61 bits per heavy atom. The molecule has 0 fully saturated rings. The summed E-state index contributed by atoms with van der Waals surface area (Å²) in [4.78, 5) is 2.49. The van der Waals surface area contributed by atoms with Crippen molar-refractivity contribution in [3.63, 3.8) is 0 Å². The third-order valence-electron chi connectivity index (χ3n) is 5.16. The van der Waals surface area contributed by atoms with Crippen LogP contribution in [0.25, 0.3) is 16.8 Å². The fourth-order valence-corrected chi connectivity index (χ4v) is 3.57. The Bertz CT molecular complexity index is 769. The van der Waals surface area contributed by atoms with E-state index in [0.29, 0.717) is 6.04 Å². The maximum atomic E-state index is 2.49. The molecule has 0 spiro atoms. The predicted molar refractivity (Wildman–Crippen MR) is 102 cm³/mol. The lowest BCUT2D eigenvalue weighted by Crippen LogP contribution is -2.41. The molecule has 0 N–H and O–H groups in total. The van der Waals surface area contributed by atoms with Gasteiger partial charge < -0.3 is 0 Å². The minimum Gasteiger partial charge on any atom is -0.291 e. The summed E-state index contributed by atoms with van der Waals surface area (Å²) < 4.78 is 0. The Labute approximate surface area is 141 Å².